The molecular formula is C17H26N2O2. The van der Waals surface area contributed by atoms with Gasteiger partial charge in [-0.2, -0.15) is 0 Å². The Balaban J connectivity index is 2.06. The summed E-state index contributed by atoms with van der Waals surface area (Å²) in [4.78, 5) is 2.51. The van der Waals surface area contributed by atoms with Gasteiger partial charge in [0.05, 0.1) is 19.8 Å². The zero-order chi connectivity index (χ0) is 15.2. The van der Waals surface area contributed by atoms with Gasteiger partial charge >= 0.3 is 0 Å². The van der Waals surface area contributed by atoms with Crippen LogP contribution in [0.4, 0.5) is 0 Å². The topological polar surface area (TPSA) is 33.7 Å². The molecule has 0 aromatic heterocycles. The summed E-state index contributed by atoms with van der Waals surface area (Å²) in [7, 11) is 3.34. The molecule has 0 bridgehead atoms. The summed E-state index contributed by atoms with van der Waals surface area (Å²) in [6.07, 6.45) is 2.53. The fraction of sp³-hybridized carbons (Fsp3) is 0.529. The van der Waals surface area contributed by atoms with E-state index in [9.17, 15) is 0 Å². The summed E-state index contributed by atoms with van der Waals surface area (Å²) < 4.78 is 10.9. The number of ether oxygens (including phenoxy) is 2. The van der Waals surface area contributed by atoms with Crippen molar-refractivity contribution >= 4 is 5.70 Å². The van der Waals surface area contributed by atoms with E-state index < -0.39 is 0 Å². The lowest BCUT2D eigenvalue weighted by Crippen LogP contribution is -2.37. The number of methoxy groups -OCH3 is 2. The van der Waals surface area contributed by atoms with Crippen LogP contribution in [0.5, 0.6) is 11.5 Å². The lowest BCUT2D eigenvalue weighted by atomic mass is 10.1. The van der Waals surface area contributed by atoms with E-state index in [2.05, 4.69) is 23.7 Å². The molecule has 116 valence electrons. The van der Waals surface area contributed by atoms with Crippen LogP contribution in [0.3, 0.4) is 0 Å². The van der Waals surface area contributed by atoms with Crippen molar-refractivity contribution in [2.75, 3.05) is 33.9 Å². The van der Waals surface area contributed by atoms with Crippen LogP contribution in [-0.2, 0) is 0 Å². The van der Waals surface area contributed by atoms with E-state index in [0.717, 1.165) is 35.8 Å². The molecule has 1 saturated heterocycles. The van der Waals surface area contributed by atoms with Gasteiger partial charge in [-0.1, -0.05) is 19.6 Å². The predicted molar refractivity (Wildman–Crippen MR) is 86.9 cm³/mol. The molecule has 1 aromatic rings. The Morgan fingerprint density at radius 1 is 1.33 bits per heavy atom. The molecule has 0 amide bonds. The standard InChI is InChI=1S/C17H26N2O2/c1-5-19-11-7-8-14(19)12-18-13(2)17-15(20-3)9-6-10-16(17)21-4/h6,9-10,14,18H,2,5,7-8,11-12H2,1,3-4H3. The van der Waals surface area contributed by atoms with Crippen molar-refractivity contribution in [3.63, 3.8) is 0 Å². The first-order valence-electron chi connectivity index (χ1n) is 7.59. The van der Waals surface area contributed by atoms with Gasteiger partial charge in [-0.05, 0) is 38.1 Å². The summed E-state index contributed by atoms with van der Waals surface area (Å²) in [6.45, 7) is 9.60. The molecule has 1 atom stereocenters. The maximum atomic E-state index is 5.43. The largest absolute Gasteiger partial charge is 0.496 e. The molecule has 1 aromatic carbocycles. The molecule has 1 unspecified atom stereocenters. The molecule has 0 spiro atoms. The van der Waals surface area contributed by atoms with Gasteiger partial charge in [-0.3, -0.25) is 4.90 Å². The highest BCUT2D eigenvalue weighted by atomic mass is 16.5. The van der Waals surface area contributed by atoms with E-state index in [1.807, 2.05) is 18.2 Å². The minimum Gasteiger partial charge on any atom is -0.496 e. The Hall–Kier alpha value is -1.68. The first-order chi connectivity index (χ1) is 10.2. The monoisotopic (exact) mass is 290 g/mol. The lowest BCUT2D eigenvalue weighted by molar-refractivity contribution is 0.266. The molecule has 21 heavy (non-hydrogen) atoms. The molecular weight excluding hydrogens is 264 g/mol. The van der Waals surface area contributed by atoms with Crippen molar-refractivity contribution in [2.45, 2.75) is 25.8 Å². The Bertz CT molecular complexity index is 465. The second-order valence-electron chi connectivity index (χ2n) is 5.32. The van der Waals surface area contributed by atoms with Crippen molar-refractivity contribution in [3.8, 4) is 11.5 Å². The number of nitrogens with zero attached hydrogens (tertiary/aromatic N) is 1. The zero-order valence-corrected chi connectivity index (χ0v) is 13.3. The van der Waals surface area contributed by atoms with Gasteiger partial charge in [0, 0.05) is 18.3 Å². The van der Waals surface area contributed by atoms with Gasteiger partial charge in [0.2, 0.25) is 0 Å². The maximum Gasteiger partial charge on any atom is 0.131 e. The highest BCUT2D eigenvalue weighted by molar-refractivity contribution is 5.72. The van der Waals surface area contributed by atoms with Crippen molar-refractivity contribution in [1.82, 2.24) is 10.2 Å². The first kappa shape index (κ1) is 15.7. The van der Waals surface area contributed by atoms with Crippen LogP contribution in [-0.4, -0.2) is 44.8 Å². The summed E-state index contributed by atoms with van der Waals surface area (Å²) in [5.74, 6) is 1.57. The number of likely N-dealkylation sites (tertiary alicyclic amines) is 1. The highest BCUT2D eigenvalue weighted by Gasteiger charge is 2.23. The molecule has 0 aliphatic carbocycles. The summed E-state index contributed by atoms with van der Waals surface area (Å²) in [6, 6.07) is 6.37. The molecule has 0 saturated carbocycles. The summed E-state index contributed by atoms with van der Waals surface area (Å²) in [5, 5.41) is 3.46. The third kappa shape index (κ3) is 3.50. The fourth-order valence-electron chi connectivity index (χ4n) is 3.02. The van der Waals surface area contributed by atoms with Crippen molar-refractivity contribution < 1.29 is 9.47 Å². The van der Waals surface area contributed by atoms with E-state index in [0.29, 0.717) is 6.04 Å². The van der Waals surface area contributed by atoms with Gasteiger partial charge in [-0.25, -0.2) is 0 Å². The Morgan fingerprint density at radius 2 is 2.00 bits per heavy atom. The number of rotatable bonds is 7. The van der Waals surface area contributed by atoms with Crippen molar-refractivity contribution in [1.29, 1.82) is 0 Å². The molecule has 4 heteroatoms. The van der Waals surface area contributed by atoms with Gasteiger partial charge in [0.15, 0.2) is 0 Å². The molecule has 1 N–H and O–H groups in total. The Labute approximate surface area is 127 Å². The van der Waals surface area contributed by atoms with Crippen LogP contribution in [0.2, 0.25) is 0 Å². The third-order valence-electron chi connectivity index (χ3n) is 4.19. The normalized spacial score (nSPS) is 18.5. The van der Waals surface area contributed by atoms with Crippen molar-refractivity contribution in [2.24, 2.45) is 0 Å². The van der Waals surface area contributed by atoms with Crippen molar-refractivity contribution in [3.05, 3.63) is 30.3 Å². The molecule has 1 fully saturated rings. The molecule has 4 nitrogen and oxygen atoms in total. The Kier molecular flexibility index (Phi) is 5.51. The molecule has 1 heterocycles. The third-order valence-corrected chi connectivity index (χ3v) is 4.19. The second-order valence-corrected chi connectivity index (χ2v) is 5.32. The second kappa shape index (κ2) is 7.36. The van der Waals surface area contributed by atoms with Gasteiger partial charge in [0.25, 0.3) is 0 Å². The average molecular weight is 290 g/mol. The SMILES string of the molecule is C=C(NCC1CCCN1CC)c1c(OC)cccc1OC. The molecule has 0 radical (unpaired) electrons. The van der Waals surface area contributed by atoms with Gasteiger partial charge in [-0.15, -0.1) is 0 Å². The molecule has 1 aliphatic rings. The van der Waals surface area contributed by atoms with E-state index in [1.165, 1.54) is 19.4 Å². The van der Waals surface area contributed by atoms with Gasteiger partial charge in [0.1, 0.15) is 11.5 Å². The number of hydrogen-bond acceptors (Lipinski definition) is 4. The van der Waals surface area contributed by atoms with Crippen LogP contribution in [0.15, 0.2) is 24.8 Å². The summed E-state index contributed by atoms with van der Waals surface area (Å²) >= 11 is 0. The smallest absolute Gasteiger partial charge is 0.131 e. The summed E-state index contributed by atoms with van der Waals surface area (Å²) in [5.41, 5.74) is 1.76. The minimum atomic E-state index is 0.590. The average Bonchev–Trinajstić information content (AvgIpc) is 2.99. The lowest BCUT2D eigenvalue weighted by Gasteiger charge is -2.24. The van der Waals surface area contributed by atoms with Crippen LogP contribution in [0.25, 0.3) is 5.70 Å². The van der Waals surface area contributed by atoms with Crippen LogP contribution < -0.4 is 14.8 Å². The first-order valence-corrected chi connectivity index (χ1v) is 7.59. The van der Waals surface area contributed by atoms with Gasteiger partial charge < -0.3 is 14.8 Å². The number of likely N-dealkylation sites (N-methyl/N-ethyl adjacent to an activating group) is 1. The predicted octanol–water partition coefficient (Wildman–Crippen LogP) is 2.75. The maximum absolute atomic E-state index is 5.43. The van der Waals surface area contributed by atoms with Crippen LogP contribution in [0.1, 0.15) is 25.3 Å². The van der Waals surface area contributed by atoms with E-state index >= 15 is 0 Å². The van der Waals surface area contributed by atoms with E-state index in [-0.39, 0.29) is 0 Å². The molecule has 1 aliphatic heterocycles. The number of hydrogen-bond donors (Lipinski definition) is 1. The van der Waals surface area contributed by atoms with Crippen LogP contribution in [0, 0.1) is 0 Å². The number of benzene rings is 1. The zero-order valence-electron chi connectivity index (χ0n) is 13.3. The Morgan fingerprint density at radius 3 is 2.57 bits per heavy atom. The quantitative estimate of drug-likeness (QED) is 0.837. The van der Waals surface area contributed by atoms with E-state index in [4.69, 9.17) is 9.47 Å². The molecule has 2 rings (SSSR count). The van der Waals surface area contributed by atoms with E-state index in [1.54, 1.807) is 14.2 Å². The highest BCUT2D eigenvalue weighted by Crippen LogP contribution is 2.32. The number of nitrogens with one attached hydrogen (secondary N) is 1. The van der Waals surface area contributed by atoms with Crippen LogP contribution >= 0.6 is 0 Å². The fourth-order valence-corrected chi connectivity index (χ4v) is 3.02. The minimum absolute atomic E-state index is 0.590.